The number of esters is 2. The molecular weight excluding hydrogens is 478 g/mol. The Kier molecular flexibility index (Phi) is 6.70. The van der Waals surface area contributed by atoms with Gasteiger partial charge in [-0.25, -0.2) is 4.79 Å². The lowest BCUT2D eigenvalue weighted by Gasteiger charge is -2.39. The summed E-state index contributed by atoms with van der Waals surface area (Å²) in [6.07, 6.45) is 3.86. The van der Waals surface area contributed by atoms with Gasteiger partial charge in [0.2, 0.25) is 6.79 Å². The molecule has 4 atom stereocenters. The molecule has 1 aromatic rings. The molecule has 3 aliphatic heterocycles. The topological polar surface area (TPSA) is 104 Å². The second kappa shape index (κ2) is 9.68. The summed E-state index contributed by atoms with van der Waals surface area (Å²) >= 11 is 0. The number of methoxy groups -OCH3 is 2. The van der Waals surface area contributed by atoms with Crippen molar-refractivity contribution in [3.05, 3.63) is 47.2 Å². The van der Waals surface area contributed by atoms with E-state index in [4.69, 9.17) is 23.7 Å². The lowest BCUT2D eigenvalue weighted by atomic mass is 9.77. The summed E-state index contributed by atoms with van der Waals surface area (Å²) in [4.78, 5) is 28.2. The molecule has 0 saturated carbocycles. The molecule has 200 valence electrons. The highest BCUT2D eigenvalue weighted by atomic mass is 16.7. The first-order valence-corrected chi connectivity index (χ1v) is 12.8. The van der Waals surface area contributed by atoms with E-state index >= 15 is 0 Å². The number of carbonyl (C=O) groups excluding carboxylic acids is 2. The van der Waals surface area contributed by atoms with Crippen molar-refractivity contribution in [1.82, 2.24) is 4.90 Å². The fourth-order valence-electron chi connectivity index (χ4n) is 6.31. The standard InChI is InChI=1S/C28H35NO8/c1-17(2)6-9-28(32,15-23(30)34-4)26(31)37-25-22(33-3)14-27-8-5-10-29(27)11-7-18-12-20-21(36-16-35-20)13-19(18)24(25)27/h12-14,24-25,32H,1,5-11,15-16H2,2-4H3/t24?,25?,27-,28+/m0/s1. The van der Waals surface area contributed by atoms with Crippen LogP contribution >= 0.6 is 0 Å². The molecule has 1 fully saturated rings. The second-order valence-corrected chi connectivity index (χ2v) is 10.5. The van der Waals surface area contributed by atoms with E-state index in [0.29, 0.717) is 23.7 Å². The van der Waals surface area contributed by atoms with Crippen LogP contribution in [0.15, 0.2) is 36.1 Å². The van der Waals surface area contributed by atoms with E-state index in [1.807, 2.05) is 12.1 Å². The SMILES string of the molecule is C=C(C)CC[C@@](O)(CC(=O)OC)C(=O)OC1C(OC)=C[C@]23CCCN2CCc2cc4c(cc2C13)OCO4. The number of ether oxygens (including phenoxy) is 5. The van der Waals surface area contributed by atoms with E-state index in [1.165, 1.54) is 7.11 Å². The third-order valence-corrected chi connectivity index (χ3v) is 8.21. The van der Waals surface area contributed by atoms with Gasteiger partial charge >= 0.3 is 11.9 Å². The Balaban J connectivity index is 1.54. The van der Waals surface area contributed by atoms with Crippen LogP contribution in [-0.2, 0) is 30.2 Å². The van der Waals surface area contributed by atoms with Gasteiger partial charge in [-0.05, 0) is 74.9 Å². The Hall–Kier alpha value is -3.04. The number of hydrogen-bond donors (Lipinski definition) is 1. The zero-order chi connectivity index (χ0) is 26.4. The fourth-order valence-corrected chi connectivity index (χ4v) is 6.31. The molecule has 0 amide bonds. The van der Waals surface area contributed by atoms with E-state index in [9.17, 15) is 14.7 Å². The van der Waals surface area contributed by atoms with Gasteiger partial charge in [-0.15, -0.1) is 6.58 Å². The molecule has 0 radical (unpaired) electrons. The van der Waals surface area contributed by atoms with Gasteiger partial charge in [-0.1, -0.05) is 5.57 Å². The first-order valence-electron chi connectivity index (χ1n) is 12.8. The van der Waals surface area contributed by atoms with Gasteiger partial charge in [0.05, 0.1) is 32.1 Å². The van der Waals surface area contributed by atoms with Crippen LogP contribution in [0.25, 0.3) is 0 Å². The average Bonchev–Trinajstić information content (AvgIpc) is 3.56. The van der Waals surface area contributed by atoms with Crippen LogP contribution in [0.1, 0.15) is 56.1 Å². The molecule has 5 rings (SSSR count). The predicted octanol–water partition coefficient (Wildman–Crippen LogP) is 3.00. The average molecular weight is 514 g/mol. The minimum atomic E-state index is -2.06. The number of rotatable bonds is 8. The number of nitrogens with zero attached hydrogens (tertiary/aromatic N) is 1. The van der Waals surface area contributed by atoms with Crippen LogP contribution in [0.5, 0.6) is 11.5 Å². The van der Waals surface area contributed by atoms with Crippen LogP contribution in [0.2, 0.25) is 0 Å². The van der Waals surface area contributed by atoms with Crippen molar-refractivity contribution >= 4 is 11.9 Å². The van der Waals surface area contributed by atoms with Crippen LogP contribution in [0.4, 0.5) is 0 Å². The zero-order valence-corrected chi connectivity index (χ0v) is 21.7. The number of fused-ring (bicyclic) bond motifs is 3. The van der Waals surface area contributed by atoms with Gasteiger partial charge in [0.25, 0.3) is 0 Å². The third kappa shape index (κ3) is 4.38. The van der Waals surface area contributed by atoms with Crippen LogP contribution in [-0.4, -0.2) is 73.3 Å². The normalized spacial score (nSPS) is 27.2. The summed E-state index contributed by atoms with van der Waals surface area (Å²) in [5, 5.41) is 11.4. The second-order valence-electron chi connectivity index (χ2n) is 10.5. The first-order chi connectivity index (χ1) is 17.7. The van der Waals surface area contributed by atoms with Gasteiger partial charge in [-0.3, -0.25) is 9.69 Å². The molecule has 1 aromatic carbocycles. The summed E-state index contributed by atoms with van der Waals surface area (Å²) in [6.45, 7) is 7.61. The number of aliphatic hydroxyl groups is 1. The summed E-state index contributed by atoms with van der Waals surface area (Å²) < 4.78 is 28.0. The molecule has 1 aliphatic carbocycles. The van der Waals surface area contributed by atoms with E-state index in [0.717, 1.165) is 49.1 Å². The van der Waals surface area contributed by atoms with Crippen molar-refractivity contribution in [2.24, 2.45) is 0 Å². The Morgan fingerprint density at radius 2 is 2.00 bits per heavy atom. The Labute approximate surface area is 217 Å². The van der Waals surface area contributed by atoms with Crippen molar-refractivity contribution < 1.29 is 38.4 Å². The molecule has 2 unspecified atom stereocenters. The minimum Gasteiger partial charge on any atom is -0.497 e. The van der Waals surface area contributed by atoms with Crippen LogP contribution in [0.3, 0.4) is 0 Å². The highest BCUT2D eigenvalue weighted by Gasteiger charge is 2.59. The maximum Gasteiger partial charge on any atom is 0.339 e. The van der Waals surface area contributed by atoms with Crippen LogP contribution < -0.4 is 9.47 Å². The van der Waals surface area contributed by atoms with E-state index in [1.54, 1.807) is 14.0 Å². The molecule has 1 spiro atoms. The zero-order valence-electron chi connectivity index (χ0n) is 21.7. The van der Waals surface area contributed by atoms with Gasteiger partial charge in [0.15, 0.2) is 23.2 Å². The van der Waals surface area contributed by atoms with E-state index < -0.39 is 35.6 Å². The van der Waals surface area contributed by atoms with Gasteiger partial charge < -0.3 is 28.8 Å². The van der Waals surface area contributed by atoms with Crippen molar-refractivity contribution in [1.29, 1.82) is 0 Å². The largest absolute Gasteiger partial charge is 0.497 e. The summed E-state index contributed by atoms with van der Waals surface area (Å²) in [7, 11) is 2.79. The number of benzene rings is 1. The van der Waals surface area contributed by atoms with Crippen molar-refractivity contribution in [2.45, 2.75) is 68.6 Å². The molecule has 9 nitrogen and oxygen atoms in total. The van der Waals surface area contributed by atoms with E-state index in [-0.39, 0.29) is 19.1 Å². The lowest BCUT2D eigenvalue weighted by Crippen LogP contribution is -2.49. The Morgan fingerprint density at radius 1 is 1.24 bits per heavy atom. The van der Waals surface area contributed by atoms with E-state index in [2.05, 4.69) is 17.6 Å². The smallest absolute Gasteiger partial charge is 0.339 e. The molecule has 1 N–H and O–H groups in total. The van der Waals surface area contributed by atoms with Gasteiger partial charge in [0, 0.05) is 6.54 Å². The molecule has 1 saturated heterocycles. The molecule has 3 heterocycles. The fraction of sp³-hybridized carbons (Fsp3) is 0.571. The molecule has 37 heavy (non-hydrogen) atoms. The lowest BCUT2D eigenvalue weighted by molar-refractivity contribution is -0.178. The maximum atomic E-state index is 13.6. The number of carbonyl (C=O) groups is 2. The van der Waals surface area contributed by atoms with Gasteiger partial charge in [0.1, 0.15) is 5.76 Å². The minimum absolute atomic E-state index is 0.00771. The third-order valence-electron chi connectivity index (χ3n) is 8.21. The van der Waals surface area contributed by atoms with Crippen molar-refractivity contribution in [3.8, 4) is 11.5 Å². The highest BCUT2D eigenvalue weighted by Crippen LogP contribution is 2.55. The van der Waals surface area contributed by atoms with Gasteiger partial charge in [-0.2, -0.15) is 0 Å². The predicted molar refractivity (Wildman–Crippen MR) is 133 cm³/mol. The quantitative estimate of drug-likeness (QED) is 0.415. The Morgan fingerprint density at radius 3 is 2.70 bits per heavy atom. The summed E-state index contributed by atoms with van der Waals surface area (Å²) in [5.74, 6) is 0.0790. The molecular formula is C28H35NO8. The van der Waals surface area contributed by atoms with Crippen molar-refractivity contribution in [2.75, 3.05) is 34.1 Å². The maximum absolute atomic E-state index is 13.6. The van der Waals surface area contributed by atoms with Crippen LogP contribution in [0, 0.1) is 0 Å². The number of hydrogen-bond acceptors (Lipinski definition) is 9. The molecule has 0 aromatic heterocycles. The Bertz CT molecular complexity index is 1150. The first kappa shape index (κ1) is 25.6. The molecule has 4 aliphatic rings. The highest BCUT2D eigenvalue weighted by molar-refractivity contribution is 5.86. The summed E-state index contributed by atoms with van der Waals surface area (Å²) in [5.41, 5.74) is 0.463. The number of allylic oxidation sites excluding steroid dienone is 1. The molecule has 0 bridgehead atoms. The van der Waals surface area contributed by atoms with Crippen molar-refractivity contribution in [3.63, 3.8) is 0 Å². The summed E-state index contributed by atoms with van der Waals surface area (Å²) in [6, 6.07) is 4.03. The molecule has 9 heteroatoms. The monoisotopic (exact) mass is 513 g/mol.